The maximum atomic E-state index is 13.9. The van der Waals surface area contributed by atoms with E-state index in [9.17, 15) is 17.6 Å². The minimum Gasteiger partial charge on any atom is -0.481 e. The van der Waals surface area contributed by atoms with Gasteiger partial charge in [-0.15, -0.1) is 0 Å². The van der Waals surface area contributed by atoms with Crippen LogP contribution in [0.15, 0.2) is 23.1 Å². The van der Waals surface area contributed by atoms with Gasteiger partial charge in [0.15, 0.2) is 0 Å². The van der Waals surface area contributed by atoms with Gasteiger partial charge < -0.3 is 5.11 Å². The maximum Gasteiger partial charge on any atom is 0.307 e. The Morgan fingerprint density at radius 1 is 1.38 bits per heavy atom. The molecule has 0 aliphatic carbocycles. The monoisotopic (exact) mass is 315 g/mol. The second-order valence-corrected chi connectivity index (χ2v) is 7.54. The maximum absolute atomic E-state index is 13.9. The molecule has 116 valence electrons. The number of carboxylic acid groups (broad SMARTS) is 1. The highest BCUT2D eigenvalue weighted by molar-refractivity contribution is 7.89. The molecule has 0 spiro atoms. The number of rotatable bonds is 3. The van der Waals surface area contributed by atoms with Crippen LogP contribution in [-0.4, -0.2) is 36.9 Å². The Morgan fingerprint density at radius 3 is 2.67 bits per heavy atom. The van der Waals surface area contributed by atoms with Crippen molar-refractivity contribution >= 4 is 16.0 Å². The van der Waals surface area contributed by atoms with E-state index >= 15 is 0 Å². The number of hydrogen-bond donors (Lipinski definition) is 1. The van der Waals surface area contributed by atoms with E-state index < -0.39 is 27.7 Å². The van der Waals surface area contributed by atoms with Gasteiger partial charge in [-0.25, -0.2) is 12.8 Å². The van der Waals surface area contributed by atoms with E-state index in [1.54, 1.807) is 13.8 Å². The molecule has 1 aromatic rings. The van der Waals surface area contributed by atoms with Crippen molar-refractivity contribution in [1.82, 2.24) is 4.31 Å². The summed E-state index contributed by atoms with van der Waals surface area (Å²) < 4.78 is 40.1. The van der Waals surface area contributed by atoms with Gasteiger partial charge in [0, 0.05) is 13.1 Å². The van der Waals surface area contributed by atoms with Crippen LogP contribution in [0.3, 0.4) is 0 Å². The van der Waals surface area contributed by atoms with Gasteiger partial charge in [0.2, 0.25) is 10.0 Å². The fraction of sp³-hybridized carbons (Fsp3) is 0.500. The standard InChI is InChI=1S/C14H18FNO4S/c1-9-3-4-12(15)13(6-9)21(19,20)16-7-10(2)5-11(8-16)14(17)18/h3-4,6,10-11H,5,7-8H2,1-2H3,(H,17,18). The molecule has 0 radical (unpaired) electrons. The van der Waals surface area contributed by atoms with Crippen molar-refractivity contribution in [3.05, 3.63) is 29.6 Å². The normalized spacial score (nSPS) is 24.0. The first-order valence-corrected chi connectivity index (χ1v) is 8.15. The molecule has 1 heterocycles. The number of carboxylic acids is 1. The van der Waals surface area contributed by atoms with E-state index in [2.05, 4.69) is 0 Å². The number of piperidine rings is 1. The van der Waals surface area contributed by atoms with E-state index in [1.807, 2.05) is 0 Å². The van der Waals surface area contributed by atoms with Crippen LogP contribution >= 0.6 is 0 Å². The van der Waals surface area contributed by atoms with E-state index in [0.717, 1.165) is 10.4 Å². The Balaban J connectivity index is 2.38. The number of aryl methyl sites for hydroxylation is 1. The van der Waals surface area contributed by atoms with Crippen molar-refractivity contribution in [1.29, 1.82) is 0 Å². The Kier molecular flexibility index (Phi) is 4.34. The Morgan fingerprint density at radius 2 is 2.05 bits per heavy atom. The number of sulfonamides is 1. The highest BCUT2D eigenvalue weighted by Crippen LogP contribution is 2.28. The van der Waals surface area contributed by atoms with Crippen LogP contribution in [0.4, 0.5) is 4.39 Å². The predicted molar refractivity (Wildman–Crippen MR) is 74.8 cm³/mol. The summed E-state index contributed by atoms with van der Waals surface area (Å²) in [7, 11) is -4.02. The number of carbonyl (C=O) groups is 1. The van der Waals surface area contributed by atoms with E-state index in [0.29, 0.717) is 12.0 Å². The van der Waals surface area contributed by atoms with Crippen molar-refractivity contribution in [3.63, 3.8) is 0 Å². The summed E-state index contributed by atoms with van der Waals surface area (Å²) in [5.74, 6) is -2.67. The van der Waals surface area contributed by atoms with Crippen LogP contribution in [0.5, 0.6) is 0 Å². The smallest absolute Gasteiger partial charge is 0.307 e. The molecule has 0 saturated carbocycles. The lowest BCUT2D eigenvalue weighted by molar-refractivity contribution is -0.143. The molecule has 1 saturated heterocycles. The van der Waals surface area contributed by atoms with E-state index in [4.69, 9.17) is 5.11 Å². The third-order valence-electron chi connectivity index (χ3n) is 3.68. The van der Waals surface area contributed by atoms with Gasteiger partial charge in [0.05, 0.1) is 5.92 Å². The van der Waals surface area contributed by atoms with Crippen molar-refractivity contribution in [2.45, 2.75) is 25.2 Å². The second kappa shape index (κ2) is 5.73. The molecular formula is C14H18FNO4S. The molecule has 21 heavy (non-hydrogen) atoms. The lowest BCUT2D eigenvalue weighted by atomic mass is 9.92. The van der Waals surface area contributed by atoms with Gasteiger partial charge in [-0.05, 0) is 37.0 Å². The number of benzene rings is 1. The molecule has 7 heteroatoms. The van der Waals surface area contributed by atoms with Crippen molar-refractivity contribution in [2.24, 2.45) is 11.8 Å². The SMILES string of the molecule is Cc1ccc(F)c(S(=O)(=O)N2CC(C)CC(C(=O)O)C2)c1. The zero-order valence-corrected chi connectivity index (χ0v) is 12.7. The van der Waals surface area contributed by atoms with E-state index in [1.165, 1.54) is 12.1 Å². The molecule has 0 aromatic heterocycles. The number of hydrogen-bond acceptors (Lipinski definition) is 3. The molecule has 1 aliphatic rings. The van der Waals surface area contributed by atoms with Crippen LogP contribution < -0.4 is 0 Å². The number of halogens is 1. The lowest BCUT2D eigenvalue weighted by Gasteiger charge is -2.33. The molecule has 2 unspecified atom stereocenters. The summed E-state index contributed by atoms with van der Waals surface area (Å²) in [5.41, 5.74) is 0.634. The van der Waals surface area contributed by atoms with Gasteiger partial charge in [0.25, 0.3) is 0 Å². The minimum absolute atomic E-state index is 0.0810. The molecule has 2 atom stereocenters. The largest absolute Gasteiger partial charge is 0.481 e. The minimum atomic E-state index is -4.02. The van der Waals surface area contributed by atoms with Gasteiger partial charge in [-0.3, -0.25) is 4.79 Å². The molecule has 5 nitrogen and oxygen atoms in total. The molecule has 0 bridgehead atoms. The molecule has 1 aromatic carbocycles. The molecule has 2 rings (SSSR count). The Bertz CT molecular complexity index is 659. The van der Waals surface area contributed by atoms with Crippen LogP contribution in [0.25, 0.3) is 0 Å². The fourth-order valence-corrected chi connectivity index (χ4v) is 4.38. The summed E-state index contributed by atoms with van der Waals surface area (Å²) in [6.45, 7) is 3.57. The van der Waals surface area contributed by atoms with Crippen LogP contribution in [0.1, 0.15) is 18.9 Å². The quantitative estimate of drug-likeness (QED) is 0.924. The highest BCUT2D eigenvalue weighted by Gasteiger charge is 2.37. The topological polar surface area (TPSA) is 74.7 Å². The summed E-state index contributed by atoms with van der Waals surface area (Å²) >= 11 is 0. The highest BCUT2D eigenvalue weighted by atomic mass is 32.2. The first-order valence-electron chi connectivity index (χ1n) is 6.71. The van der Waals surface area contributed by atoms with Crippen molar-refractivity contribution in [3.8, 4) is 0 Å². The molecular weight excluding hydrogens is 297 g/mol. The van der Waals surface area contributed by atoms with Gasteiger partial charge in [-0.1, -0.05) is 13.0 Å². The van der Waals surface area contributed by atoms with Crippen LogP contribution in [0, 0.1) is 24.6 Å². The predicted octanol–water partition coefficient (Wildman–Crippen LogP) is 1.87. The zero-order chi connectivity index (χ0) is 15.8. The van der Waals surface area contributed by atoms with Crippen molar-refractivity contribution in [2.75, 3.05) is 13.1 Å². The fourth-order valence-electron chi connectivity index (χ4n) is 2.63. The van der Waals surface area contributed by atoms with Crippen molar-refractivity contribution < 1.29 is 22.7 Å². The van der Waals surface area contributed by atoms with Gasteiger partial charge >= 0.3 is 5.97 Å². The van der Waals surface area contributed by atoms with Crippen LogP contribution in [0.2, 0.25) is 0 Å². The zero-order valence-electron chi connectivity index (χ0n) is 11.9. The lowest BCUT2D eigenvalue weighted by Crippen LogP contribution is -2.45. The summed E-state index contributed by atoms with van der Waals surface area (Å²) in [4.78, 5) is 10.7. The summed E-state index contributed by atoms with van der Waals surface area (Å²) in [5, 5.41) is 9.11. The third-order valence-corrected chi connectivity index (χ3v) is 5.53. The van der Waals surface area contributed by atoms with Crippen LogP contribution in [-0.2, 0) is 14.8 Å². The van der Waals surface area contributed by atoms with Gasteiger partial charge in [-0.2, -0.15) is 4.31 Å². The molecule has 1 aliphatic heterocycles. The first kappa shape index (κ1) is 15.9. The molecule has 1 fully saturated rings. The Labute approximate surface area is 123 Å². The number of aliphatic carboxylic acids is 1. The van der Waals surface area contributed by atoms with Gasteiger partial charge in [0.1, 0.15) is 10.7 Å². The summed E-state index contributed by atoms with van der Waals surface area (Å²) in [6.07, 6.45) is 0.428. The van der Waals surface area contributed by atoms with E-state index in [-0.39, 0.29) is 23.9 Å². The second-order valence-electron chi connectivity index (χ2n) is 5.63. The molecule has 1 N–H and O–H groups in total. The number of nitrogens with zero attached hydrogens (tertiary/aromatic N) is 1. The molecule has 0 amide bonds. The average Bonchev–Trinajstić information content (AvgIpc) is 2.40. The average molecular weight is 315 g/mol. The first-order chi connectivity index (χ1) is 9.71. The third kappa shape index (κ3) is 3.24. The summed E-state index contributed by atoms with van der Waals surface area (Å²) in [6, 6.07) is 3.89. The Hall–Kier alpha value is -1.47.